The third-order valence-corrected chi connectivity index (χ3v) is 4.26. The summed E-state index contributed by atoms with van der Waals surface area (Å²) in [4.78, 5) is 10.6. The minimum absolute atomic E-state index is 0.158. The average molecular weight is 376 g/mol. The molecule has 0 aliphatic carbocycles. The van der Waals surface area contributed by atoms with E-state index in [0.717, 1.165) is 25.0 Å². The highest BCUT2D eigenvalue weighted by Crippen LogP contribution is 2.30. The van der Waals surface area contributed by atoms with Gasteiger partial charge in [0.25, 0.3) is 12.3 Å². The van der Waals surface area contributed by atoms with E-state index in [1.165, 1.54) is 12.1 Å². The molecule has 1 aliphatic heterocycles. The first-order valence-corrected chi connectivity index (χ1v) is 8.33. The van der Waals surface area contributed by atoms with Crippen molar-refractivity contribution in [1.82, 2.24) is 15.1 Å². The number of morpholine rings is 1. The predicted molar refractivity (Wildman–Crippen MR) is 90.9 cm³/mol. The zero-order valence-corrected chi connectivity index (χ0v) is 14.1. The molecule has 6 nitrogen and oxygen atoms in total. The maximum Gasteiger partial charge on any atom is 0.266 e. The van der Waals surface area contributed by atoms with Gasteiger partial charge in [0.15, 0.2) is 0 Å². The maximum absolute atomic E-state index is 14.3. The molecular weight excluding hydrogens is 361 g/mol. The van der Waals surface area contributed by atoms with Crippen LogP contribution in [-0.4, -0.2) is 41.4 Å². The molecule has 0 bridgehead atoms. The van der Waals surface area contributed by atoms with Gasteiger partial charge in [-0.05, 0) is 18.2 Å². The maximum atomic E-state index is 14.3. The Morgan fingerprint density at radius 3 is 2.70 bits per heavy atom. The first-order chi connectivity index (χ1) is 13.1. The monoisotopic (exact) mass is 376 g/mol. The molecule has 0 amide bonds. The molecule has 2 aromatic heterocycles. The third kappa shape index (κ3) is 3.50. The van der Waals surface area contributed by atoms with Crippen molar-refractivity contribution in [2.75, 3.05) is 31.2 Å². The van der Waals surface area contributed by atoms with Crippen molar-refractivity contribution in [3.05, 3.63) is 47.9 Å². The van der Waals surface area contributed by atoms with Crippen LogP contribution in [0.2, 0.25) is 0 Å². The molecule has 3 heterocycles. The number of pyridine rings is 1. The topological polar surface area (TPSA) is 64.3 Å². The van der Waals surface area contributed by atoms with Gasteiger partial charge in [0.05, 0.1) is 24.3 Å². The summed E-state index contributed by atoms with van der Waals surface area (Å²) in [6.07, 6.45) is -1.31. The summed E-state index contributed by atoms with van der Waals surface area (Å²) in [5, 5.41) is 3.85. The van der Waals surface area contributed by atoms with Crippen molar-refractivity contribution < 1.29 is 22.4 Å². The van der Waals surface area contributed by atoms with E-state index in [0.29, 0.717) is 18.8 Å². The van der Waals surface area contributed by atoms with Crippen LogP contribution in [0.3, 0.4) is 0 Å². The number of nitrogens with zero attached hydrogens (tertiary/aromatic N) is 4. The van der Waals surface area contributed by atoms with Crippen molar-refractivity contribution in [3.63, 3.8) is 0 Å². The highest BCUT2D eigenvalue weighted by atomic mass is 19.3. The molecule has 9 heteroatoms. The lowest BCUT2D eigenvalue weighted by atomic mass is 10.1. The zero-order chi connectivity index (χ0) is 18.8. The number of anilines is 1. The largest absolute Gasteiger partial charge is 0.378 e. The number of ether oxygens (including phenoxy) is 1. The van der Waals surface area contributed by atoms with E-state index in [4.69, 9.17) is 9.26 Å². The molecule has 0 spiro atoms. The molecule has 1 fully saturated rings. The van der Waals surface area contributed by atoms with Gasteiger partial charge in [-0.15, -0.1) is 0 Å². The second-order valence-electron chi connectivity index (χ2n) is 5.93. The Hall–Kier alpha value is -2.94. The molecule has 0 atom stereocenters. The normalized spacial score (nSPS) is 14.7. The molecule has 0 unspecified atom stereocenters. The van der Waals surface area contributed by atoms with Crippen LogP contribution in [0.5, 0.6) is 0 Å². The summed E-state index contributed by atoms with van der Waals surface area (Å²) in [7, 11) is 0. The smallest absolute Gasteiger partial charge is 0.266 e. The minimum atomic E-state index is -2.93. The fourth-order valence-electron chi connectivity index (χ4n) is 2.86. The number of halogens is 3. The molecule has 140 valence electrons. The second-order valence-corrected chi connectivity index (χ2v) is 5.93. The third-order valence-electron chi connectivity index (χ3n) is 4.26. The molecule has 1 saturated heterocycles. The molecule has 4 rings (SSSR count). The summed E-state index contributed by atoms with van der Waals surface area (Å²) >= 11 is 0. The number of benzene rings is 1. The van der Waals surface area contributed by atoms with E-state index in [-0.39, 0.29) is 17.3 Å². The number of alkyl halides is 2. The van der Waals surface area contributed by atoms with Crippen LogP contribution < -0.4 is 4.90 Å². The summed E-state index contributed by atoms with van der Waals surface area (Å²) in [6.45, 7) is 2.69. The van der Waals surface area contributed by atoms with E-state index >= 15 is 0 Å². The number of rotatable bonds is 4. The fraction of sp³-hybridized carbons (Fsp3) is 0.278. The van der Waals surface area contributed by atoms with Crippen molar-refractivity contribution in [3.8, 4) is 22.8 Å². The van der Waals surface area contributed by atoms with Gasteiger partial charge in [-0.1, -0.05) is 17.3 Å². The molecule has 0 radical (unpaired) electrons. The molecule has 0 N–H and O–H groups in total. The second kappa shape index (κ2) is 7.36. The number of hydrogen-bond donors (Lipinski definition) is 0. The van der Waals surface area contributed by atoms with Gasteiger partial charge in [-0.25, -0.2) is 18.2 Å². The van der Waals surface area contributed by atoms with Gasteiger partial charge in [-0.2, -0.15) is 4.98 Å². The molecule has 3 aromatic rings. The van der Waals surface area contributed by atoms with Crippen molar-refractivity contribution in [2.45, 2.75) is 6.43 Å². The van der Waals surface area contributed by atoms with Crippen LogP contribution >= 0.6 is 0 Å². The lowest BCUT2D eigenvalue weighted by Crippen LogP contribution is -2.36. The predicted octanol–water partition coefficient (Wildman–Crippen LogP) is 3.71. The van der Waals surface area contributed by atoms with Crippen molar-refractivity contribution in [1.29, 1.82) is 0 Å². The Balaban J connectivity index is 1.65. The van der Waals surface area contributed by atoms with Gasteiger partial charge in [0, 0.05) is 24.8 Å². The average Bonchev–Trinajstić information content (AvgIpc) is 3.19. The van der Waals surface area contributed by atoms with E-state index in [1.54, 1.807) is 18.3 Å². The van der Waals surface area contributed by atoms with E-state index < -0.39 is 17.8 Å². The van der Waals surface area contributed by atoms with Gasteiger partial charge in [0.2, 0.25) is 5.82 Å². The van der Waals surface area contributed by atoms with Crippen LogP contribution in [0.1, 0.15) is 12.0 Å². The molecule has 27 heavy (non-hydrogen) atoms. The summed E-state index contributed by atoms with van der Waals surface area (Å²) in [6, 6.07) is 7.17. The van der Waals surface area contributed by atoms with Crippen LogP contribution in [0.15, 0.2) is 41.1 Å². The van der Waals surface area contributed by atoms with Gasteiger partial charge < -0.3 is 14.2 Å². The van der Waals surface area contributed by atoms with Gasteiger partial charge >= 0.3 is 0 Å². The lowest BCUT2D eigenvalue weighted by Gasteiger charge is -2.27. The van der Waals surface area contributed by atoms with Gasteiger partial charge in [-0.3, -0.25) is 0 Å². The summed E-state index contributed by atoms with van der Waals surface area (Å²) in [5.74, 6) is -0.252. The molecule has 0 saturated carbocycles. The minimum Gasteiger partial charge on any atom is -0.378 e. The standard InChI is InChI=1S/C18H15F3N4O2/c19-15-12(16(20)21)2-1-3-13(15)18-23-17(24-27-18)11-4-5-22-14(10-11)25-6-8-26-9-7-25/h1-5,10,16H,6-9H2. The van der Waals surface area contributed by atoms with E-state index in [2.05, 4.69) is 20.0 Å². The Labute approximate surface area is 152 Å². The van der Waals surface area contributed by atoms with Crippen LogP contribution in [0, 0.1) is 5.82 Å². The lowest BCUT2D eigenvalue weighted by molar-refractivity contribution is 0.122. The Morgan fingerprint density at radius 2 is 1.93 bits per heavy atom. The van der Waals surface area contributed by atoms with Crippen LogP contribution in [0.4, 0.5) is 19.0 Å². The molecule has 1 aliphatic rings. The fourth-order valence-corrected chi connectivity index (χ4v) is 2.86. The van der Waals surface area contributed by atoms with Crippen LogP contribution in [-0.2, 0) is 4.74 Å². The SMILES string of the molecule is Fc1c(-c2nc(-c3ccnc(N4CCOCC4)c3)no2)cccc1C(F)F. The quantitative estimate of drug-likeness (QED) is 0.692. The first-order valence-electron chi connectivity index (χ1n) is 8.33. The van der Waals surface area contributed by atoms with E-state index in [9.17, 15) is 13.2 Å². The highest BCUT2D eigenvalue weighted by Gasteiger charge is 2.21. The van der Waals surface area contributed by atoms with Gasteiger partial charge in [0.1, 0.15) is 11.6 Å². The summed E-state index contributed by atoms with van der Waals surface area (Å²) < 4.78 is 50.5. The Morgan fingerprint density at radius 1 is 1.11 bits per heavy atom. The number of aromatic nitrogens is 3. The Bertz CT molecular complexity index is 942. The highest BCUT2D eigenvalue weighted by molar-refractivity contribution is 5.63. The molecule has 1 aromatic carbocycles. The number of hydrogen-bond acceptors (Lipinski definition) is 6. The van der Waals surface area contributed by atoms with Crippen molar-refractivity contribution >= 4 is 5.82 Å². The molecular formula is C18H15F3N4O2. The summed E-state index contributed by atoms with van der Waals surface area (Å²) in [5.41, 5.74) is -0.230. The first kappa shape index (κ1) is 17.5. The van der Waals surface area contributed by atoms with Crippen LogP contribution in [0.25, 0.3) is 22.8 Å². The Kier molecular flexibility index (Phi) is 4.76. The van der Waals surface area contributed by atoms with E-state index in [1.807, 2.05) is 0 Å². The zero-order valence-electron chi connectivity index (χ0n) is 14.1. The van der Waals surface area contributed by atoms with Crippen molar-refractivity contribution in [2.24, 2.45) is 0 Å².